The van der Waals surface area contributed by atoms with E-state index in [1.54, 1.807) is 0 Å². The fraction of sp³-hybridized carbons (Fsp3) is 0.222. The molecule has 5 heteroatoms. The van der Waals surface area contributed by atoms with E-state index in [2.05, 4.69) is 15.6 Å². The van der Waals surface area contributed by atoms with Gasteiger partial charge < -0.3 is 16.4 Å². The first kappa shape index (κ1) is 10.7. The highest BCUT2D eigenvalue weighted by atomic mass is 35.5. The summed E-state index contributed by atoms with van der Waals surface area (Å²) in [4.78, 5) is 4.21. The van der Waals surface area contributed by atoms with Crippen LogP contribution in [0.15, 0.2) is 29.3 Å². The third-order valence-corrected chi connectivity index (χ3v) is 1.82. The van der Waals surface area contributed by atoms with Gasteiger partial charge in [-0.3, -0.25) is 4.99 Å². The van der Waals surface area contributed by atoms with E-state index >= 15 is 0 Å². The van der Waals surface area contributed by atoms with Crippen molar-refractivity contribution in [3.05, 3.63) is 24.3 Å². The first-order chi connectivity index (χ1) is 6.34. The van der Waals surface area contributed by atoms with Crippen LogP contribution in [0.2, 0.25) is 0 Å². The molecule has 76 valence electrons. The van der Waals surface area contributed by atoms with Crippen molar-refractivity contribution in [2.75, 3.05) is 24.1 Å². The van der Waals surface area contributed by atoms with E-state index in [4.69, 9.17) is 5.73 Å². The Labute approximate surface area is 89.0 Å². The molecule has 14 heavy (non-hydrogen) atoms. The molecule has 0 saturated heterocycles. The van der Waals surface area contributed by atoms with E-state index in [1.807, 2.05) is 24.3 Å². The first-order valence-electron chi connectivity index (χ1n) is 4.25. The maximum atomic E-state index is 5.63. The molecule has 0 atom stereocenters. The number of benzene rings is 1. The van der Waals surface area contributed by atoms with Crippen molar-refractivity contribution in [2.24, 2.45) is 4.99 Å². The van der Waals surface area contributed by atoms with E-state index in [0.29, 0.717) is 0 Å². The van der Waals surface area contributed by atoms with Gasteiger partial charge in [0, 0.05) is 17.9 Å². The summed E-state index contributed by atoms with van der Waals surface area (Å²) in [6.45, 7) is 1.75. The zero-order valence-electron chi connectivity index (χ0n) is 7.66. The van der Waals surface area contributed by atoms with Crippen molar-refractivity contribution < 1.29 is 0 Å². The number of rotatable bonds is 1. The standard InChI is InChI=1S/C9H12N4.ClH/c10-7-2-1-3-8(6-7)13-9-11-4-5-12-9;/h1-3,6H,4-5,10H2,(H2,11,12,13);1H. The minimum absolute atomic E-state index is 0. The second kappa shape index (κ2) is 4.72. The van der Waals surface area contributed by atoms with Gasteiger partial charge in [0.25, 0.3) is 0 Å². The average Bonchev–Trinajstić information content (AvgIpc) is 2.57. The Balaban J connectivity index is 0.000000980. The Hall–Kier alpha value is -1.42. The molecule has 0 spiro atoms. The molecule has 0 unspecified atom stereocenters. The molecule has 1 aromatic carbocycles. The molecule has 1 aromatic rings. The molecule has 1 aliphatic rings. The number of nitrogens with one attached hydrogen (secondary N) is 2. The molecule has 0 saturated carbocycles. The predicted octanol–water partition coefficient (Wildman–Crippen LogP) is 1.06. The quantitative estimate of drug-likeness (QED) is 0.610. The van der Waals surface area contributed by atoms with E-state index in [-0.39, 0.29) is 12.4 Å². The number of nitrogen functional groups attached to an aromatic ring is 1. The smallest absolute Gasteiger partial charge is 0.195 e. The number of anilines is 2. The number of nitrogens with two attached hydrogens (primary N) is 1. The molecule has 0 bridgehead atoms. The Morgan fingerprint density at radius 1 is 1.43 bits per heavy atom. The maximum Gasteiger partial charge on any atom is 0.195 e. The van der Waals surface area contributed by atoms with Gasteiger partial charge in [-0.25, -0.2) is 0 Å². The molecule has 0 fully saturated rings. The lowest BCUT2D eigenvalue weighted by Gasteiger charge is -2.06. The van der Waals surface area contributed by atoms with Crippen LogP contribution in [0.3, 0.4) is 0 Å². The fourth-order valence-corrected chi connectivity index (χ4v) is 1.23. The molecular weight excluding hydrogens is 200 g/mol. The van der Waals surface area contributed by atoms with Crippen molar-refractivity contribution in [1.82, 2.24) is 5.32 Å². The summed E-state index contributed by atoms with van der Waals surface area (Å²) < 4.78 is 0. The summed E-state index contributed by atoms with van der Waals surface area (Å²) in [7, 11) is 0. The lowest BCUT2D eigenvalue weighted by atomic mass is 10.3. The number of nitrogens with zero attached hydrogens (tertiary/aromatic N) is 1. The van der Waals surface area contributed by atoms with Crippen LogP contribution in [0, 0.1) is 0 Å². The lowest BCUT2D eigenvalue weighted by Crippen LogP contribution is -2.26. The average molecular weight is 213 g/mol. The van der Waals surface area contributed by atoms with Crippen LogP contribution in [-0.2, 0) is 0 Å². The summed E-state index contributed by atoms with van der Waals surface area (Å²) in [5.74, 6) is 0.825. The van der Waals surface area contributed by atoms with Crippen molar-refractivity contribution in [2.45, 2.75) is 0 Å². The Morgan fingerprint density at radius 3 is 2.93 bits per heavy atom. The molecule has 4 nitrogen and oxygen atoms in total. The van der Waals surface area contributed by atoms with Crippen LogP contribution >= 0.6 is 12.4 Å². The molecule has 0 radical (unpaired) electrons. The molecule has 4 N–H and O–H groups in total. The third-order valence-electron chi connectivity index (χ3n) is 1.82. The van der Waals surface area contributed by atoms with E-state index in [1.165, 1.54) is 0 Å². The molecule has 0 aromatic heterocycles. The van der Waals surface area contributed by atoms with Crippen molar-refractivity contribution in [3.63, 3.8) is 0 Å². The minimum atomic E-state index is 0. The number of aliphatic imine (C=N–C) groups is 1. The Bertz CT molecular complexity index is 337. The normalized spacial score (nSPS) is 13.9. The monoisotopic (exact) mass is 212 g/mol. The van der Waals surface area contributed by atoms with Crippen LogP contribution in [0.25, 0.3) is 0 Å². The minimum Gasteiger partial charge on any atom is -0.399 e. The van der Waals surface area contributed by atoms with Crippen LogP contribution in [0.5, 0.6) is 0 Å². The summed E-state index contributed by atoms with van der Waals surface area (Å²) in [6, 6.07) is 7.60. The largest absolute Gasteiger partial charge is 0.399 e. The first-order valence-corrected chi connectivity index (χ1v) is 4.25. The lowest BCUT2D eigenvalue weighted by molar-refractivity contribution is 0.959. The van der Waals surface area contributed by atoms with Crippen molar-refractivity contribution >= 4 is 29.7 Å². The van der Waals surface area contributed by atoms with E-state index in [9.17, 15) is 0 Å². The van der Waals surface area contributed by atoms with Gasteiger partial charge in [0.2, 0.25) is 0 Å². The van der Waals surface area contributed by atoms with Crippen LogP contribution in [0.4, 0.5) is 11.4 Å². The second-order valence-electron chi connectivity index (χ2n) is 2.91. The van der Waals surface area contributed by atoms with Gasteiger partial charge in [-0.05, 0) is 18.2 Å². The predicted molar refractivity (Wildman–Crippen MR) is 62.0 cm³/mol. The van der Waals surface area contributed by atoms with Crippen LogP contribution in [-0.4, -0.2) is 19.0 Å². The molecule has 0 aliphatic carbocycles. The van der Waals surface area contributed by atoms with Gasteiger partial charge in [-0.2, -0.15) is 0 Å². The SMILES string of the molecule is Cl.Nc1cccc(NC2=NCCN2)c1. The maximum absolute atomic E-state index is 5.63. The van der Waals surface area contributed by atoms with Gasteiger partial charge >= 0.3 is 0 Å². The highest BCUT2D eigenvalue weighted by molar-refractivity contribution is 5.94. The van der Waals surface area contributed by atoms with E-state index < -0.39 is 0 Å². The van der Waals surface area contributed by atoms with Gasteiger partial charge in [0.1, 0.15) is 0 Å². The molecular formula is C9H13ClN4. The summed E-state index contributed by atoms with van der Waals surface area (Å²) in [6.07, 6.45) is 0. The van der Waals surface area contributed by atoms with Crippen LogP contribution in [0.1, 0.15) is 0 Å². The van der Waals surface area contributed by atoms with Gasteiger partial charge in [-0.1, -0.05) is 6.07 Å². The fourth-order valence-electron chi connectivity index (χ4n) is 1.23. The van der Waals surface area contributed by atoms with Gasteiger partial charge in [-0.15, -0.1) is 12.4 Å². The number of hydrogen-bond donors (Lipinski definition) is 3. The van der Waals surface area contributed by atoms with E-state index in [0.717, 1.165) is 30.4 Å². The number of halogens is 1. The highest BCUT2D eigenvalue weighted by Gasteiger charge is 2.03. The molecule has 2 rings (SSSR count). The molecule has 1 aliphatic heterocycles. The van der Waals surface area contributed by atoms with Gasteiger partial charge in [0.15, 0.2) is 5.96 Å². The highest BCUT2D eigenvalue weighted by Crippen LogP contribution is 2.11. The second-order valence-corrected chi connectivity index (χ2v) is 2.91. The number of hydrogen-bond acceptors (Lipinski definition) is 4. The Morgan fingerprint density at radius 2 is 2.29 bits per heavy atom. The third kappa shape index (κ3) is 2.53. The summed E-state index contributed by atoms with van der Waals surface area (Å²) in [5, 5.41) is 6.26. The van der Waals surface area contributed by atoms with Gasteiger partial charge in [0.05, 0.1) is 6.54 Å². The Kier molecular flexibility index (Phi) is 3.59. The summed E-state index contributed by atoms with van der Waals surface area (Å²) in [5.41, 5.74) is 7.35. The van der Waals surface area contributed by atoms with Crippen molar-refractivity contribution in [3.8, 4) is 0 Å². The number of guanidine groups is 1. The zero-order valence-corrected chi connectivity index (χ0v) is 8.47. The molecule has 0 amide bonds. The van der Waals surface area contributed by atoms with Crippen molar-refractivity contribution in [1.29, 1.82) is 0 Å². The van der Waals surface area contributed by atoms with Crippen LogP contribution < -0.4 is 16.4 Å². The summed E-state index contributed by atoms with van der Waals surface area (Å²) >= 11 is 0. The zero-order chi connectivity index (χ0) is 9.10. The topological polar surface area (TPSA) is 62.4 Å². The molecule has 1 heterocycles.